The Morgan fingerprint density at radius 3 is 2.40 bits per heavy atom. The van der Waals surface area contributed by atoms with Crippen molar-refractivity contribution >= 4 is 11.6 Å². The summed E-state index contributed by atoms with van der Waals surface area (Å²) in [6.45, 7) is 0.421. The van der Waals surface area contributed by atoms with Gasteiger partial charge in [-0.1, -0.05) is 54.6 Å². The molecular weight excluding hydrogens is 388 g/mol. The lowest BCUT2D eigenvalue weighted by Gasteiger charge is -2.20. The molecule has 4 aromatic rings. The predicted molar refractivity (Wildman–Crippen MR) is 107 cm³/mol. The number of hydrogen-bond acceptors (Lipinski definition) is 4. The maximum Gasteiger partial charge on any atom is 0.314 e. The van der Waals surface area contributed by atoms with E-state index in [9.17, 15) is 13.6 Å². The molecular formula is C23H15F2N3O2. The Bertz CT molecular complexity index is 1240. The quantitative estimate of drug-likeness (QED) is 0.451. The summed E-state index contributed by atoms with van der Waals surface area (Å²) < 4.78 is 30.5. The molecule has 148 valence electrons. The average molecular weight is 403 g/mol. The molecule has 1 aliphatic heterocycles. The van der Waals surface area contributed by atoms with Crippen molar-refractivity contribution in [3.05, 3.63) is 89.8 Å². The van der Waals surface area contributed by atoms with Crippen molar-refractivity contribution in [1.29, 1.82) is 0 Å². The van der Waals surface area contributed by atoms with Crippen LogP contribution in [0.25, 0.3) is 22.6 Å². The predicted octanol–water partition coefficient (Wildman–Crippen LogP) is 5.50. The lowest BCUT2D eigenvalue weighted by Crippen LogP contribution is -2.23. The van der Waals surface area contributed by atoms with E-state index in [0.717, 1.165) is 22.4 Å². The molecule has 5 nitrogen and oxygen atoms in total. The zero-order valence-corrected chi connectivity index (χ0v) is 15.6. The Morgan fingerprint density at radius 1 is 0.867 bits per heavy atom. The van der Waals surface area contributed by atoms with Gasteiger partial charge in [0.25, 0.3) is 11.8 Å². The molecule has 0 saturated heterocycles. The number of benzene rings is 3. The number of fused-ring (bicyclic) bond motifs is 1. The molecule has 1 amide bonds. The summed E-state index contributed by atoms with van der Waals surface area (Å²) in [5.74, 6) is -0.942. The first kappa shape index (κ1) is 18.2. The first-order chi connectivity index (χ1) is 14.6. The average Bonchev–Trinajstić information content (AvgIpc) is 3.40. The maximum atomic E-state index is 13.2. The van der Waals surface area contributed by atoms with E-state index < -0.39 is 12.3 Å². The van der Waals surface area contributed by atoms with E-state index in [1.54, 1.807) is 23.1 Å². The van der Waals surface area contributed by atoms with Gasteiger partial charge in [0.1, 0.15) is 0 Å². The molecule has 2 heterocycles. The third-order valence-corrected chi connectivity index (χ3v) is 5.07. The molecule has 0 bridgehead atoms. The summed E-state index contributed by atoms with van der Waals surface area (Å²) in [6.07, 6.45) is -2.84. The number of halogens is 2. The molecule has 7 heteroatoms. The lowest BCUT2D eigenvalue weighted by atomic mass is 10.0. The highest BCUT2D eigenvalue weighted by atomic mass is 19.3. The fourth-order valence-electron chi connectivity index (χ4n) is 3.64. The minimum absolute atomic E-state index is 0.0379. The number of anilines is 1. The Balaban J connectivity index is 1.51. The van der Waals surface area contributed by atoms with Crippen LogP contribution in [0.2, 0.25) is 0 Å². The SMILES string of the molecule is O=C1c2cc(-c3nnc(C(F)F)o3)ccc2CN1c1ccccc1-c1ccccc1. The van der Waals surface area contributed by atoms with Crippen molar-refractivity contribution in [2.45, 2.75) is 13.0 Å². The zero-order chi connectivity index (χ0) is 20.7. The van der Waals surface area contributed by atoms with Gasteiger partial charge in [0, 0.05) is 16.7 Å². The standard InChI is InChI=1S/C23H15F2N3O2/c24-20(25)22-27-26-21(30-22)15-10-11-16-13-28(23(29)18(16)12-15)19-9-5-4-8-17(19)14-6-2-1-3-7-14/h1-12,20H,13H2. The Labute approximate surface area is 170 Å². The third-order valence-electron chi connectivity index (χ3n) is 5.07. The van der Waals surface area contributed by atoms with Gasteiger partial charge in [-0.15, -0.1) is 10.2 Å². The van der Waals surface area contributed by atoms with Crippen molar-refractivity contribution in [3.63, 3.8) is 0 Å². The van der Waals surface area contributed by atoms with Gasteiger partial charge >= 0.3 is 6.43 Å². The van der Waals surface area contributed by atoms with Gasteiger partial charge in [-0.2, -0.15) is 8.78 Å². The number of carbonyl (C=O) groups excluding carboxylic acids is 1. The van der Waals surface area contributed by atoms with E-state index in [1.807, 2.05) is 54.6 Å². The van der Waals surface area contributed by atoms with Crippen LogP contribution in [0.4, 0.5) is 14.5 Å². The highest BCUT2D eigenvalue weighted by Crippen LogP contribution is 2.37. The van der Waals surface area contributed by atoms with Crippen molar-refractivity contribution in [3.8, 4) is 22.6 Å². The van der Waals surface area contributed by atoms with Crippen molar-refractivity contribution in [2.75, 3.05) is 4.90 Å². The molecule has 3 aromatic carbocycles. The van der Waals surface area contributed by atoms with Crippen LogP contribution in [0.15, 0.2) is 77.2 Å². The van der Waals surface area contributed by atoms with E-state index in [-0.39, 0.29) is 11.8 Å². The van der Waals surface area contributed by atoms with Gasteiger partial charge in [-0.25, -0.2) is 0 Å². The number of aromatic nitrogens is 2. The number of para-hydroxylation sites is 1. The van der Waals surface area contributed by atoms with E-state index in [4.69, 9.17) is 4.42 Å². The Hall–Kier alpha value is -3.87. The number of amides is 1. The third kappa shape index (κ3) is 3.04. The normalized spacial score (nSPS) is 13.2. The van der Waals surface area contributed by atoms with Gasteiger partial charge in [0.2, 0.25) is 5.89 Å². The summed E-state index contributed by atoms with van der Waals surface area (Å²) >= 11 is 0. The second kappa shape index (κ2) is 7.18. The summed E-state index contributed by atoms with van der Waals surface area (Å²) in [6, 6.07) is 22.7. The smallest absolute Gasteiger partial charge is 0.314 e. The number of rotatable bonds is 4. The highest BCUT2D eigenvalue weighted by molar-refractivity contribution is 6.12. The summed E-state index contributed by atoms with van der Waals surface area (Å²) in [5, 5.41) is 7.02. The number of nitrogens with zero attached hydrogens (tertiary/aromatic N) is 3. The minimum atomic E-state index is -2.84. The number of hydrogen-bond donors (Lipinski definition) is 0. The number of carbonyl (C=O) groups is 1. The topological polar surface area (TPSA) is 59.2 Å². The summed E-state index contributed by atoms with van der Waals surface area (Å²) in [7, 11) is 0. The van der Waals surface area contributed by atoms with E-state index in [1.165, 1.54) is 0 Å². The second-order valence-electron chi connectivity index (χ2n) is 6.89. The van der Waals surface area contributed by atoms with E-state index >= 15 is 0 Å². The number of alkyl halides is 2. The van der Waals surface area contributed by atoms with E-state index in [2.05, 4.69) is 10.2 Å². The largest absolute Gasteiger partial charge is 0.415 e. The first-order valence-corrected chi connectivity index (χ1v) is 9.33. The van der Waals surface area contributed by atoms with Crippen LogP contribution in [0.3, 0.4) is 0 Å². The fraction of sp³-hybridized carbons (Fsp3) is 0.0870. The minimum Gasteiger partial charge on any atom is -0.415 e. The molecule has 0 saturated carbocycles. The fourth-order valence-corrected chi connectivity index (χ4v) is 3.64. The van der Waals surface area contributed by atoms with Crippen molar-refractivity contribution in [2.24, 2.45) is 0 Å². The van der Waals surface area contributed by atoms with Crippen LogP contribution in [-0.2, 0) is 6.54 Å². The molecule has 30 heavy (non-hydrogen) atoms. The van der Waals surface area contributed by atoms with Crippen LogP contribution in [0, 0.1) is 0 Å². The Morgan fingerprint density at radius 2 is 1.63 bits per heavy atom. The van der Waals surface area contributed by atoms with Crippen LogP contribution in [0.5, 0.6) is 0 Å². The molecule has 0 radical (unpaired) electrons. The lowest BCUT2D eigenvalue weighted by molar-refractivity contribution is 0.0996. The van der Waals surface area contributed by atoms with Crippen molar-refractivity contribution in [1.82, 2.24) is 10.2 Å². The van der Waals surface area contributed by atoms with Crippen LogP contribution in [0.1, 0.15) is 28.2 Å². The van der Waals surface area contributed by atoms with Gasteiger partial charge in [-0.05, 0) is 29.3 Å². The van der Waals surface area contributed by atoms with Crippen LogP contribution < -0.4 is 4.90 Å². The Kier molecular flexibility index (Phi) is 4.35. The zero-order valence-electron chi connectivity index (χ0n) is 15.6. The van der Waals surface area contributed by atoms with Gasteiger partial charge < -0.3 is 9.32 Å². The maximum absolute atomic E-state index is 13.2. The van der Waals surface area contributed by atoms with Gasteiger partial charge in [0.15, 0.2) is 0 Å². The molecule has 0 atom stereocenters. The van der Waals surface area contributed by atoms with Crippen LogP contribution in [-0.4, -0.2) is 16.1 Å². The van der Waals surface area contributed by atoms with Gasteiger partial charge in [0.05, 0.1) is 12.2 Å². The monoisotopic (exact) mass is 403 g/mol. The summed E-state index contributed by atoms with van der Waals surface area (Å²) in [4.78, 5) is 14.9. The summed E-state index contributed by atoms with van der Waals surface area (Å²) in [5.41, 5.74) is 4.55. The molecule has 0 unspecified atom stereocenters. The molecule has 0 spiro atoms. The second-order valence-corrected chi connectivity index (χ2v) is 6.89. The molecule has 1 aromatic heterocycles. The first-order valence-electron chi connectivity index (χ1n) is 9.33. The molecule has 5 rings (SSSR count). The molecule has 0 N–H and O–H groups in total. The molecule has 1 aliphatic rings. The molecule has 0 aliphatic carbocycles. The van der Waals surface area contributed by atoms with E-state index in [0.29, 0.717) is 17.7 Å². The van der Waals surface area contributed by atoms with Gasteiger partial charge in [-0.3, -0.25) is 4.79 Å². The van der Waals surface area contributed by atoms with Crippen molar-refractivity contribution < 1.29 is 18.0 Å². The van der Waals surface area contributed by atoms with Crippen LogP contribution >= 0.6 is 0 Å². The molecule has 0 fully saturated rings. The highest BCUT2D eigenvalue weighted by Gasteiger charge is 2.31.